The number of Topliss-reactive ketones (excluding diaryl/α,β-unsaturated/α-hetero) is 1. The number of nitrogens with zero attached hydrogens (tertiary/aromatic N) is 2. The van der Waals surface area contributed by atoms with Crippen molar-refractivity contribution >= 4 is 34.4 Å². The van der Waals surface area contributed by atoms with Gasteiger partial charge in [0.25, 0.3) is 11.5 Å². The Morgan fingerprint density at radius 3 is 2.23 bits per heavy atom. The van der Waals surface area contributed by atoms with Crippen molar-refractivity contribution in [2.24, 2.45) is 0 Å². The molecule has 0 spiro atoms. The van der Waals surface area contributed by atoms with Gasteiger partial charge in [-0.1, -0.05) is 18.7 Å². The zero-order valence-corrected chi connectivity index (χ0v) is 19.6. The number of nitrogens with one attached hydrogen (secondary N) is 1. The lowest BCUT2D eigenvalue weighted by Crippen LogP contribution is -2.25. The molecule has 3 aromatic carbocycles. The number of fused-ring (bicyclic) bond motifs is 1. The Morgan fingerprint density at radius 2 is 1.57 bits per heavy atom. The Labute approximate surface area is 204 Å². The first kappa shape index (κ1) is 24.3. The summed E-state index contributed by atoms with van der Waals surface area (Å²) in [5.74, 6) is -1.53. The third-order valence-electron chi connectivity index (χ3n) is 5.22. The van der Waals surface area contributed by atoms with Gasteiger partial charge in [0.05, 0.1) is 22.3 Å². The topological polar surface area (TPSA) is 81.1 Å². The smallest absolute Gasteiger partial charge is 0.266 e. The first-order valence-electron chi connectivity index (χ1n) is 10.9. The molecule has 0 unspecified atom stereocenters. The van der Waals surface area contributed by atoms with Gasteiger partial charge in [-0.2, -0.15) is 0 Å². The van der Waals surface area contributed by atoms with Crippen LogP contribution in [0.1, 0.15) is 34.1 Å². The molecular weight excluding hydrogens is 472 g/mol. The summed E-state index contributed by atoms with van der Waals surface area (Å²) < 4.78 is 28.0. The molecule has 9 heteroatoms. The van der Waals surface area contributed by atoms with Crippen LogP contribution in [0.2, 0.25) is 0 Å². The van der Waals surface area contributed by atoms with Crippen LogP contribution in [0.5, 0.6) is 0 Å². The Kier molecular flexibility index (Phi) is 7.36. The van der Waals surface area contributed by atoms with E-state index in [0.29, 0.717) is 28.9 Å². The third-order valence-corrected chi connectivity index (χ3v) is 6.16. The highest BCUT2D eigenvalue weighted by Crippen LogP contribution is 2.23. The number of carbonyl (C=O) groups excluding carboxylic acids is 2. The summed E-state index contributed by atoms with van der Waals surface area (Å²) in [5, 5.41) is 3.26. The first-order chi connectivity index (χ1) is 16.9. The van der Waals surface area contributed by atoms with Crippen molar-refractivity contribution in [3.8, 4) is 5.69 Å². The van der Waals surface area contributed by atoms with E-state index in [1.807, 2.05) is 6.92 Å². The summed E-state index contributed by atoms with van der Waals surface area (Å²) in [4.78, 5) is 43.1. The highest BCUT2D eigenvalue weighted by molar-refractivity contribution is 7.99. The van der Waals surface area contributed by atoms with E-state index in [9.17, 15) is 23.2 Å². The highest BCUT2D eigenvalue weighted by atomic mass is 32.2. The van der Waals surface area contributed by atoms with Gasteiger partial charge in [0, 0.05) is 17.7 Å². The van der Waals surface area contributed by atoms with Gasteiger partial charge in [-0.15, -0.1) is 0 Å². The standard InChI is InChI=1S/C26H21F2N3O3S/c1-2-13-29-24(33)17-5-12-21-22(14-17)30-26(31(25(21)34)20-10-8-19(28)9-11-20)35-15-23(32)16-3-6-18(27)7-4-16/h3-12,14H,2,13,15H2,1H3,(H,29,33). The molecule has 0 atom stereocenters. The van der Waals surface area contributed by atoms with E-state index in [1.54, 1.807) is 6.07 Å². The lowest BCUT2D eigenvalue weighted by atomic mass is 10.1. The molecule has 0 aliphatic carbocycles. The largest absolute Gasteiger partial charge is 0.352 e. The number of amides is 1. The van der Waals surface area contributed by atoms with Gasteiger partial charge in [0.2, 0.25) is 0 Å². The molecule has 178 valence electrons. The second-order valence-electron chi connectivity index (χ2n) is 7.72. The number of aromatic nitrogens is 2. The van der Waals surface area contributed by atoms with Crippen LogP contribution < -0.4 is 10.9 Å². The minimum Gasteiger partial charge on any atom is -0.352 e. The average Bonchev–Trinajstić information content (AvgIpc) is 2.86. The van der Waals surface area contributed by atoms with Crippen molar-refractivity contribution in [3.63, 3.8) is 0 Å². The summed E-state index contributed by atoms with van der Waals surface area (Å²) in [5.41, 5.74) is 0.946. The molecule has 6 nitrogen and oxygen atoms in total. The van der Waals surface area contributed by atoms with Crippen LogP contribution in [0.4, 0.5) is 8.78 Å². The number of carbonyl (C=O) groups is 2. The molecule has 0 aliphatic rings. The molecule has 0 radical (unpaired) electrons. The minimum atomic E-state index is -0.459. The summed E-state index contributed by atoms with van der Waals surface area (Å²) >= 11 is 1.02. The van der Waals surface area contributed by atoms with Gasteiger partial charge in [-0.3, -0.25) is 19.0 Å². The fourth-order valence-corrected chi connectivity index (χ4v) is 4.32. The van der Waals surface area contributed by atoms with Gasteiger partial charge in [0.1, 0.15) is 11.6 Å². The summed E-state index contributed by atoms with van der Waals surface area (Å²) in [7, 11) is 0. The normalized spacial score (nSPS) is 10.9. The van der Waals surface area contributed by atoms with Crippen LogP contribution in [0.25, 0.3) is 16.6 Å². The fourth-order valence-electron chi connectivity index (χ4n) is 3.41. The molecule has 0 fully saturated rings. The molecule has 4 rings (SSSR count). The number of rotatable bonds is 8. The molecule has 1 heterocycles. The number of hydrogen-bond acceptors (Lipinski definition) is 5. The number of benzene rings is 3. The molecule has 1 amide bonds. The fraction of sp³-hybridized carbons (Fsp3) is 0.154. The predicted octanol–water partition coefficient (Wildman–Crippen LogP) is 4.78. The van der Waals surface area contributed by atoms with Crippen LogP contribution in [0.15, 0.2) is 76.7 Å². The predicted molar refractivity (Wildman–Crippen MR) is 131 cm³/mol. The monoisotopic (exact) mass is 493 g/mol. The van der Waals surface area contributed by atoms with E-state index in [-0.39, 0.29) is 28.0 Å². The van der Waals surface area contributed by atoms with E-state index in [4.69, 9.17) is 0 Å². The van der Waals surface area contributed by atoms with Crippen molar-refractivity contribution in [2.75, 3.05) is 12.3 Å². The molecule has 0 saturated carbocycles. The molecule has 0 saturated heterocycles. The van der Waals surface area contributed by atoms with Gasteiger partial charge in [0.15, 0.2) is 10.9 Å². The molecule has 4 aromatic rings. The quantitative estimate of drug-likeness (QED) is 0.217. The summed E-state index contributed by atoms with van der Waals surface area (Å²) in [6.45, 7) is 2.46. The zero-order valence-electron chi connectivity index (χ0n) is 18.8. The maximum atomic E-state index is 13.5. The average molecular weight is 494 g/mol. The summed E-state index contributed by atoms with van der Waals surface area (Å²) in [6, 6.07) is 15.1. The molecule has 1 N–H and O–H groups in total. The second kappa shape index (κ2) is 10.6. The van der Waals surface area contributed by atoms with Crippen molar-refractivity contribution in [1.82, 2.24) is 14.9 Å². The van der Waals surface area contributed by atoms with E-state index in [1.165, 1.54) is 65.2 Å². The molecular formula is C26H21F2N3O3S. The maximum Gasteiger partial charge on any atom is 0.266 e. The highest BCUT2D eigenvalue weighted by Gasteiger charge is 2.17. The number of hydrogen-bond donors (Lipinski definition) is 1. The Morgan fingerprint density at radius 1 is 0.943 bits per heavy atom. The lowest BCUT2D eigenvalue weighted by molar-refractivity contribution is 0.0952. The summed E-state index contributed by atoms with van der Waals surface area (Å²) in [6.07, 6.45) is 0.781. The number of thioether (sulfide) groups is 1. The van der Waals surface area contributed by atoms with Crippen molar-refractivity contribution in [3.05, 3.63) is 99.8 Å². The van der Waals surface area contributed by atoms with Crippen LogP contribution in [-0.2, 0) is 0 Å². The Balaban J connectivity index is 1.76. The van der Waals surface area contributed by atoms with Gasteiger partial charge in [-0.05, 0) is 73.2 Å². The Bertz CT molecular complexity index is 1450. The van der Waals surface area contributed by atoms with E-state index < -0.39 is 17.2 Å². The maximum absolute atomic E-state index is 13.5. The molecule has 35 heavy (non-hydrogen) atoms. The Hall–Kier alpha value is -3.85. The first-order valence-corrected chi connectivity index (χ1v) is 11.9. The lowest BCUT2D eigenvalue weighted by Gasteiger charge is -2.14. The molecule has 1 aromatic heterocycles. The van der Waals surface area contributed by atoms with E-state index in [0.717, 1.165) is 18.2 Å². The zero-order chi connectivity index (χ0) is 24.9. The number of halogens is 2. The van der Waals surface area contributed by atoms with Gasteiger partial charge in [-0.25, -0.2) is 13.8 Å². The third kappa shape index (κ3) is 5.46. The molecule has 0 aliphatic heterocycles. The van der Waals surface area contributed by atoms with Gasteiger partial charge < -0.3 is 5.32 Å². The minimum absolute atomic E-state index is 0.0680. The van der Waals surface area contributed by atoms with Gasteiger partial charge >= 0.3 is 0 Å². The van der Waals surface area contributed by atoms with E-state index in [2.05, 4.69) is 10.3 Å². The van der Waals surface area contributed by atoms with Crippen molar-refractivity contribution < 1.29 is 18.4 Å². The van der Waals surface area contributed by atoms with Crippen LogP contribution in [-0.4, -0.2) is 33.5 Å². The van der Waals surface area contributed by atoms with Crippen molar-refractivity contribution in [1.29, 1.82) is 0 Å². The van der Waals surface area contributed by atoms with E-state index >= 15 is 0 Å². The SMILES string of the molecule is CCCNC(=O)c1ccc2c(=O)n(-c3ccc(F)cc3)c(SCC(=O)c3ccc(F)cc3)nc2c1. The second-order valence-corrected chi connectivity index (χ2v) is 8.66. The van der Waals surface area contributed by atoms with Crippen molar-refractivity contribution in [2.45, 2.75) is 18.5 Å². The number of ketones is 1. The van der Waals surface area contributed by atoms with Crippen LogP contribution in [0.3, 0.4) is 0 Å². The van der Waals surface area contributed by atoms with Crippen LogP contribution in [0, 0.1) is 11.6 Å². The molecule has 0 bridgehead atoms. The van der Waals surface area contributed by atoms with Crippen LogP contribution >= 0.6 is 11.8 Å².